The zero-order valence-electron chi connectivity index (χ0n) is 22.6. The summed E-state index contributed by atoms with van der Waals surface area (Å²) >= 11 is 0. The summed E-state index contributed by atoms with van der Waals surface area (Å²) in [5, 5.41) is 0. The first-order valence-corrected chi connectivity index (χ1v) is 13.1. The van der Waals surface area contributed by atoms with Crippen LogP contribution in [0.25, 0.3) is 0 Å². The normalized spacial score (nSPS) is 23.8. The Kier molecular flexibility index (Phi) is 8.49. The lowest BCUT2D eigenvalue weighted by atomic mass is 9.68. The number of urea groups is 1. The van der Waals surface area contributed by atoms with Gasteiger partial charge < -0.3 is 19.3 Å². The molecular formula is C29H40N4O4. The molecule has 2 heterocycles. The Hall–Kier alpha value is -2.97. The fraction of sp³-hybridized carbons (Fsp3) is 0.552. The van der Waals surface area contributed by atoms with E-state index in [1.165, 1.54) is 5.56 Å². The van der Waals surface area contributed by atoms with Crippen molar-refractivity contribution in [2.45, 2.75) is 49.6 Å². The smallest absolute Gasteiger partial charge is 0.321 e. The van der Waals surface area contributed by atoms with Gasteiger partial charge in [0, 0.05) is 38.4 Å². The third kappa shape index (κ3) is 5.65. The topological polar surface area (TPSA) is 75.2 Å². The molecule has 1 saturated carbocycles. The number of ketones is 1. The zero-order valence-corrected chi connectivity index (χ0v) is 22.6. The number of nitrogens with zero attached hydrogens (tertiary/aromatic N) is 4. The molecule has 8 nitrogen and oxygen atoms in total. The van der Waals surface area contributed by atoms with Gasteiger partial charge in [0.1, 0.15) is 0 Å². The summed E-state index contributed by atoms with van der Waals surface area (Å²) in [6.45, 7) is 1.91. The number of hydrogen-bond acceptors (Lipinski definition) is 6. The van der Waals surface area contributed by atoms with E-state index in [0.29, 0.717) is 31.3 Å². The second kappa shape index (κ2) is 11.6. The predicted octanol–water partition coefficient (Wildman–Crippen LogP) is 3.75. The van der Waals surface area contributed by atoms with Gasteiger partial charge in [-0.1, -0.05) is 36.4 Å². The van der Waals surface area contributed by atoms with Crippen LogP contribution in [-0.4, -0.2) is 91.6 Å². The molecule has 0 radical (unpaired) electrons. The van der Waals surface area contributed by atoms with Crippen LogP contribution in [-0.2, 0) is 21.5 Å². The molecule has 0 atom stereocenters. The van der Waals surface area contributed by atoms with Crippen LogP contribution >= 0.6 is 0 Å². The highest BCUT2D eigenvalue weighted by Gasteiger charge is 2.54. The van der Waals surface area contributed by atoms with Gasteiger partial charge in [0.05, 0.1) is 31.3 Å². The van der Waals surface area contributed by atoms with Gasteiger partial charge >= 0.3 is 6.03 Å². The minimum atomic E-state index is -0.270. The van der Waals surface area contributed by atoms with Crippen LogP contribution in [0.1, 0.15) is 43.4 Å². The Bertz CT molecular complexity index is 1070. The van der Waals surface area contributed by atoms with Crippen LogP contribution in [0.4, 0.5) is 4.79 Å². The van der Waals surface area contributed by atoms with Gasteiger partial charge in [-0.25, -0.2) is 9.78 Å². The number of carbonyl (C=O) groups is 2. The summed E-state index contributed by atoms with van der Waals surface area (Å²) in [5.41, 5.74) is 1.64. The quantitative estimate of drug-likeness (QED) is 0.431. The fourth-order valence-electron chi connectivity index (χ4n) is 6.15. The van der Waals surface area contributed by atoms with Gasteiger partial charge in [-0.2, -0.15) is 0 Å². The van der Waals surface area contributed by atoms with Crippen LogP contribution < -0.4 is 4.74 Å². The first-order valence-electron chi connectivity index (χ1n) is 13.1. The fourth-order valence-corrected chi connectivity index (χ4v) is 6.15. The number of amides is 2. The maximum absolute atomic E-state index is 13.6. The van der Waals surface area contributed by atoms with Crippen molar-refractivity contribution in [3.63, 3.8) is 0 Å². The number of hydrogen-bond donors (Lipinski definition) is 0. The molecule has 1 aromatic heterocycles. The highest BCUT2D eigenvalue weighted by molar-refractivity contribution is 5.88. The van der Waals surface area contributed by atoms with Crippen molar-refractivity contribution in [1.29, 1.82) is 0 Å². The number of pyridine rings is 1. The van der Waals surface area contributed by atoms with Crippen molar-refractivity contribution in [2.75, 3.05) is 54.6 Å². The van der Waals surface area contributed by atoms with Gasteiger partial charge in [0.2, 0.25) is 5.88 Å². The number of rotatable bonds is 11. The summed E-state index contributed by atoms with van der Waals surface area (Å²) in [6, 6.07) is 16.0. The number of methoxy groups -OCH3 is 2. The van der Waals surface area contributed by atoms with Gasteiger partial charge in [0.25, 0.3) is 0 Å². The van der Waals surface area contributed by atoms with E-state index in [2.05, 4.69) is 54.3 Å². The molecule has 1 saturated heterocycles. The molecule has 200 valence electrons. The Balaban J connectivity index is 1.51. The number of carbonyl (C=O) groups excluding carboxylic acids is 2. The molecule has 1 spiro atoms. The van der Waals surface area contributed by atoms with Crippen molar-refractivity contribution < 1.29 is 19.1 Å². The average Bonchev–Trinajstić information content (AvgIpc) is 3.15. The molecule has 2 aliphatic rings. The van der Waals surface area contributed by atoms with E-state index in [4.69, 9.17) is 9.47 Å². The van der Waals surface area contributed by atoms with E-state index in [1.807, 2.05) is 17.0 Å². The predicted molar refractivity (Wildman–Crippen MR) is 143 cm³/mol. The first kappa shape index (κ1) is 27.1. The molecule has 0 unspecified atom stereocenters. The monoisotopic (exact) mass is 508 g/mol. The first-order chi connectivity index (χ1) is 17.8. The van der Waals surface area contributed by atoms with Crippen LogP contribution in [0.2, 0.25) is 0 Å². The molecule has 1 aliphatic carbocycles. The minimum absolute atomic E-state index is 0.0225. The van der Waals surface area contributed by atoms with Gasteiger partial charge in [-0.15, -0.1) is 0 Å². The van der Waals surface area contributed by atoms with Gasteiger partial charge in [-0.3, -0.25) is 9.69 Å². The molecule has 1 aromatic carbocycles. The van der Waals surface area contributed by atoms with Crippen molar-refractivity contribution in [2.24, 2.45) is 0 Å². The second-order valence-corrected chi connectivity index (χ2v) is 10.5. The van der Waals surface area contributed by atoms with E-state index in [-0.39, 0.29) is 35.9 Å². The summed E-state index contributed by atoms with van der Waals surface area (Å²) in [4.78, 5) is 37.1. The molecule has 2 fully saturated rings. The Labute approximate surface area is 220 Å². The molecule has 37 heavy (non-hydrogen) atoms. The van der Waals surface area contributed by atoms with Crippen LogP contribution in [0.15, 0.2) is 48.5 Å². The SMILES string of the molecule is COCCCN1C(=O)N(CC(=O)Cc2cccc(OC)n2)CC12CCC(c1ccccc1)(N(C)C)CC2. The molecule has 0 N–H and O–H groups in total. The second-order valence-electron chi connectivity index (χ2n) is 10.5. The molecule has 4 rings (SSSR count). The van der Waals surface area contributed by atoms with Crippen LogP contribution in [0.5, 0.6) is 5.88 Å². The van der Waals surface area contributed by atoms with E-state index < -0.39 is 0 Å². The standard InChI is InChI=1S/C29H40N4O4/c1-31(2)29(23-10-6-5-7-11-23)16-14-28(15-17-29)22-32(27(35)33(28)18-9-19-36-3)21-25(34)20-24-12-8-13-26(30-24)37-4/h5-8,10-13H,9,14-22H2,1-4H3. The van der Waals surface area contributed by atoms with Crippen molar-refractivity contribution in [3.8, 4) is 5.88 Å². The Morgan fingerprint density at radius 1 is 1.03 bits per heavy atom. The Morgan fingerprint density at radius 2 is 1.76 bits per heavy atom. The molecular weight excluding hydrogens is 468 g/mol. The maximum Gasteiger partial charge on any atom is 0.321 e. The lowest BCUT2D eigenvalue weighted by Gasteiger charge is -2.51. The minimum Gasteiger partial charge on any atom is -0.481 e. The number of Topliss-reactive ketones (excluding diaryl/α,β-unsaturated/α-hetero) is 1. The third-order valence-corrected chi connectivity index (χ3v) is 8.20. The molecule has 8 heteroatoms. The number of aromatic nitrogens is 1. The van der Waals surface area contributed by atoms with Crippen LogP contribution in [0, 0.1) is 0 Å². The molecule has 2 amide bonds. The number of benzene rings is 1. The average molecular weight is 509 g/mol. The summed E-state index contributed by atoms with van der Waals surface area (Å²) < 4.78 is 10.5. The molecule has 0 bridgehead atoms. The van der Waals surface area contributed by atoms with Gasteiger partial charge in [-0.05, 0) is 57.8 Å². The van der Waals surface area contributed by atoms with Crippen molar-refractivity contribution in [1.82, 2.24) is 19.7 Å². The lowest BCUT2D eigenvalue weighted by Crippen LogP contribution is -2.55. The summed E-state index contributed by atoms with van der Waals surface area (Å²) in [7, 11) is 7.55. The van der Waals surface area contributed by atoms with Gasteiger partial charge in [0.15, 0.2) is 5.78 Å². The van der Waals surface area contributed by atoms with E-state index in [9.17, 15) is 9.59 Å². The summed E-state index contributed by atoms with van der Waals surface area (Å²) in [5.74, 6) is 0.460. The van der Waals surface area contributed by atoms with E-state index in [1.54, 1.807) is 25.2 Å². The van der Waals surface area contributed by atoms with Crippen LogP contribution in [0.3, 0.4) is 0 Å². The van der Waals surface area contributed by atoms with Crippen molar-refractivity contribution in [3.05, 3.63) is 59.8 Å². The zero-order chi connectivity index (χ0) is 26.5. The molecule has 1 aliphatic heterocycles. The number of ether oxygens (including phenoxy) is 2. The lowest BCUT2D eigenvalue weighted by molar-refractivity contribution is -0.119. The largest absolute Gasteiger partial charge is 0.481 e. The van der Waals surface area contributed by atoms with E-state index in [0.717, 1.165) is 32.1 Å². The maximum atomic E-state index is 13.6. The molecule has 2 aromatic rings. The van der Waals surface area contributed by atoms with Crippen molar-refractivity contribution >= 4 is 11.8 Å². The summed E-state index contributed by atoms with van der Waals surface area (Å²) in [6.07, 6.45) is 4.63. The highest BCUT2D eigenvalue weighted by atomic mass is 16.5. The Morgan fingerprint density at radius 3 is 2.41 bits per heavy atom. The highest BCUT2D eigenvalue weighted by Crippen LogP contribution is 2.48. The van der Waals surface area contributed by atoms with E-state index >= 15 is 0 Å². The third-order valence-electron chi connectivity index (χ3n) is 8.20.